The third-order valence-corrected chi connectivity index (χ3v) is 2.30. The molecule has 3 nitrogen and oxygen atoms in total. The lowest BCUT2D eigenvalue weighted by Gasteiger charge is -2.07. The van der Waals surface area contributed by atoms with Gasteiger partial charge < -0.3 is 4.74 Å². The van der Waals surface area contributed by atoms with Gasteiger partial charge in [-0.2, -0.15) is 4.99 Å². The molecule has 0 saturated heterocycles. The highest BCUT2D eigenvalue weighted by Crippen LogP contribution is 2.20. The van der Waals surface area contributed by atoms with Gasteiger partial charge in [-0.05, 0) is 18.2 Å². The first-order valence-electron chi connectivity index (χ1n) is 5.24. The van der Waals surface area contributed by atoms with Gasteiger partial charge in [0.1, 0.15) is 12.4 Å². The number of para-hydroxylation sites is 2. The van der Waals surface area contributed by atoms with Crippen LogP contribution in [0, 0.1) is 0 Å². The van der Waals surface area contributed by atoms with Crippen molar-refractivity contribution in [3.05, 3.63) is 60.2 Å². The summed E-state index contributed by atoms with van der Waals surface area (Å²) in [6, 6.07) is 16.8. The third-order valence-electron chi connectivity index (χ3n) is 2.30. The molecule has 2 aromatic carbocycles. The van der Waals surface area contributed by atoms with E-state index in [1.165, 1.54) is 0 Å². The molecule has 0 unspecified atom stereocenters. The molecule has 84 valence electrons. The minimum absolute atomic E-state index is 0.380. The molecule has 2 aromatic rings. The van der Waals surface area contributed by atoms with Crippen LogP contribution in [0.15, 0.2) is 59.6 Å². The van der Waals surface area contributed by atoms with E-state index in [0.717, 1.165) is 11.3 Å². The molecule has 0 heterocycles. The van der Waals surface area contributed by atoms with Crippen LogP contribution < -0.4 is 4.74 Å². The molecule has 0 atom stereocenters. The quantitative estimate of drug-likeness (QED) is 0.592. The fraction of sp³-hybridized carbons (Fsp3) is 0.0714. The Kier molecular flexibility index (Phi) is 3.68. The molecule has 0 aliphatic rings. The van der Waals surface area contributed by atoms with E-state index >= 15 is 0 Å². The summed E-state index contributed by atoms with van der Waals surface area (Å²) < 4.78 is 5.59. The SMILES string of the molecule is O=C=Nc1ccccc1COc1ccccc1. The van der Waals surface area contributed by atoms with Crippen LogP contribution in [-0.2, 0) is 11.4 Å². The predicted molar refractivity (Wildman–Crippen MR) is 65.0 cm³/mol. The number of aliphatic imine (C=N–C) groups is 1. The molecule has 3 heteroatoms. The van der Waals surface area contributed by atoms with Gasteiger partial charge in [0.05, 0.1) is 5.69 Å². The van der Waals surface area contributed by atoms with Gasteiger partial charge >= 0.3 is 0 Å². The average Bonchev–Trinajstić information content (AvgIpc) is 2.39. The van der Waals surface area contributed by atoms with Crippen molar-refractivity contribution in [1.29, 1.82) is 0 Å². The van der Waals surface area contributed by atoms with Gasteiger partial charge in [-0.1, -0.05) is 36.4 Å². The molecule has 0 N–H and O–H groups in total. The molecule has 0 radical (unpaired) electrons. The van der Waals surface area contributed by atoms with Crippen LogP contribution in [-0.4, -0.2) is 6.08 Å². The molecule has 0 saturated carbocycles. The highest BCUT2D eigenvalue weighted by atomic mass is 16.5. The molecule has 0 fully saturated rings. The number of isocyanates is 1. The Morgan fingerprint density at radius 3 is 2.47 bits per heavy atom. The van der Waals surface area contributed by atoms with Crippen LogP contribution in [0.5, 0.6) is 5.75 Å². The lowest BCUT2D eigenvalue weighted by atomic mass is 10.2. The summed E-state index contributed by atoms with van der Waals surface area (Å²) in [5.41, 5.74) is 1.46. The summed E-state index contributed by atoms with van der Waals surface area (Å²) in [5, 5.41) is 0. The summed E-state index contributed by atoms with van der Waals surface area (Å²) in [5.74, 6) is 0.789. The molecule has 17 heavy (non-hydrogen) atoms. The van der Waals surface area contributed by atoms with E-state index in [2.05, 4.69) is 4.99 Å². The highest BCUT2D eigenvalue weighted by Gasteiger charge is 2.01. The molecule has 0 aromatic heterocycles. The molecular formula is C14H11NO2. The topological polar surface area (TPSA) is 38.7 Å². The van der Waals surface area contributed by atoms with Crippen molar-refractivity contribution in [2.75, 3.05) is 0 Å². The van der Waals surface area contributed by atoms with Crippen molar-refractivity contribution in [3.8, 4) is 5.75 Å². The maximum Gasteiger partial charge on any atom is 0.240 e. The summed E-state index contributed by atoms with van der Waals surface area (Å²) in [6.45, 7) is 0.380. The maximum atomic E-state index is 10.3. The first-order valence-corrected chi connectivity index (χ1v) is 5.24. The second-order valence-corrected chi connectivity index (χ2v) is 3.43. The molecule has 0 amide bonds. The standard InChI is InChI=1S/C14H11NO2/c16-11-15-14-9-5-4-6-12(14)10-17-13-7-2-1-3-8-13/h1-9H,10H2. The van der Waals surface area contributed by atoms with E-state index in [1.807, 2.05) is 48.5 Å². The summed E-state index contributed by atoms with van der Waals surface area (Å²) in [4.78, 5) is 13.9. The van der Waals surface area contributed by atoms with Crippen molar-refractivity contribution in [1.82, 2.24) is 0 Å². The van der Waals surface area contributed by atoms with E-state index in [-0.39, 0.29) is 0 Å². The van der Waals surface area contributed by atoms with Gasteiger partial charge in [-0.3, -0.25) is 0 Å². The second-order valence-electron chi connectivity index (χ2n) is 3.43. The van der Waals surface area contributed by atoms with Gasteiger partial charge in [0.2, 0.25) is 6.08 Å². The maximum absolute atomic E-state index is 10.3. The number of nitrogens with zero attached hydrogens (tertiary/aromatic N) is 1. The number of rotatable bonds is 4. The van der Waals surface area contributed by atoms with Gasteiger partial charge in [0.15, 0.2) is 0 Å². The average molecular weight is 225 g/mol. The van der Waals surface area contributed by atoms with Crippen molar-refractivity contribution >= 4 is 11.8 Å². The second kappa shape index (κ2) is 5.64. The molecule has 0 bridgehead atoms. The van der Waals surface area contributed by atoms with Gasteiger partial charge in [-0.25, -0.2) is 4.79 Å². The number of benzene rings is 2. The number of ether oxygens (including phenoxy) is 1. The number of hydrogen-bond acceptors (Lipinski definition) is 3. The minimum atomic E-state index is 0.380. The molecule has 0 aliphatic heterocycles. The van der Waals surface area contributed by atoms with Crippen LogP contribution in [0.3, 0.4) is 0 Å². The van der Waals surface area contributed by atoms with Crippen LogP contribution in [0.2, 0.25) is 0 Å². The van der Waals surface area contributed by atoms with Crippen molar-refractivity contribution in [2.24, 2.45) is 4.99 Å². The lowest BCUT2D eigenvalue weighted by Crippen LogP contribution is -1.95. The minimum Gasteiger partial charge on any atom is -0.489 e. The van der Waals surface area contributed by atoms with Crippen molar-refractivity contribution in [3.63, 3.8) is 0 Å². The number of hydrogen-bond donors (Lipinski definition) is 0. The fourth-order valence-corrected chi connectivity index (χ4v) is 1.47. The van der Waals surface area contributed by atoms with Crippen LogP contribution in [0.25, 0.3) is 0 Å². The van der Waals surface area contributed by atoms with Crippen molar-refractivity contribution < 1.29 is 9.53 Å². The first-order chi connectivity index (χ1) is 8.40. The predicted octanol–water partition coefficient (Wildman–Crippen LogP) is 3.23. The third kappa shape index (κ3) is 3.03. The zero-order valence-corrected chi connectivity index (χ0v) is 9.17. The van der Waals surface area contributed by atoms with E-state index < -0.39 is 0 Å². The largest absolute Gasteiger partial charge is 0.489 e. The van der Waals surface area contributed by atoms with Gasteiger partial charge in [-0.15, -0.1) is 0 Å². The molecular weight excluding hydrogens is 214 g/mol. The highest BCUT2D eigenvalue weighted by molar-refractivity contribution is 5.53. The van der Waals surface area contributed by atoms with Crippen LogP contribution in [0.4, 0.5) is 5.69 Å². The summed E-state index contributed by atoms with van der Waals surface area (Å²) >= 11 is 0. The fourth-order valence-electron chi connectivity index (χ4n) is 1.47. The van der Waals surface area contributed by atoms with E-state index in [9.17, 15) is 4.79 Å². The molecule has 0 aliphatic carbocycles. The Bertz CT molecular complexity index is 531. The summed E-state index contributed by atoms with van der Waals surface area (Å²) in [6.07, 6.45) is 1.54. The Hall–Kier alpha value is -2.38. The van der Waals surface area contributed by atoms with Crippen LogP contribution >= 0.6 is 0 Å². The van der Waals surface area contributed by atoms with E-state index in [0.29, 0.717) is 12.3 Å². The Balaban J connectivity index is 2.11. The van der Waals surface area contributed by atoms with Crippen LogP contribution in [0.1, 0.15) is 5.56 Å². The smallest absolute Gasteiger partial charge is 0.240 e. The lowest BCUT2D eigenvalue weighted by molar-refractivity contribution is 0.306. The Morgan fingerprint density at radius 2 is 1.71 bits per heavy atom. The Morgan fingerprint density at radius 1 is 1.00 bits per heavy atom. The van der Waals surface area contributed by atoms with E-state index in [4.69, 9.17) is 4.74 Å². The first kappa shape index (κ1) is 11.1. The molecule has 2 rings (SSSR count). The normalized spacial score (nSPS) is 9.41. The number of carbonyl (C=O) groups excluding carboxylic acids is 1. The molecule has 0 spiro atoms. The van der Waals surface area contributed by atoms with Gasteiger partial charge in [0, 0.05) is 5.56 Å². The Labute approximate surface area is 99.4 Å². The van der Waals surface area contributed by atoms with Crippen molar-refractivity contribution in [2.45, 2.75) is 6.61 Å². The monoisotopic (exact) mass is 225 g/mol. The van der Waals surface area contributed by atoms with Gasteiger partial charge in [0.25, 0.3) is 0 Å². The summed E-state index contributed by atoms with van der Waals surface area (Å²) in [7, 11) is 0. The zero-order valence-electron chi connectivity index (χ0n) is 9.17. The van der Waals surface area contributed by atoms with E-state index in [1.54, 1.807) is 12.1 Å². The zero-order chi connectivity index (χ0) is 11.9.